The number of aromatic nitrogens is 4. The number of fused-ring (bicyclic) bond motifs is 1. The number of nitrogens with zero attached hydrogens (tertiary/aromatic N) is 6. The van der Waals surface area contributed by atoms with Crippen LogP contribution in [0.3, 0.4) is 0 Å². The Hall–Kier alpha value is -2.14. The van der Waals surface area contributed by atoms with Crippen LogP contribution in [0.1, 0.15) is 17.7 Å². The van der Waals surface area contributed by atoms with Gasteiger partial charge in [-0.1, -0.05) is 23.9 Å². The molecule has 1 N–H and O–H groups in total. The highest BCUT2D eigenvalue weighted by atomic mass is 32.2. The molecule has 3 aromatic rings. The van der Waals surface area contributed by atoms with E-state index in [1.807, 2.05) is 0 Å². The van der Waals surface area contributed by atoms with Crippen molar-refractivity contribution < 1.29 is 4.74 Å². The van der Waals surface area contributed by atoms with Crippen molar-refractivity contribution >= 4 is 46.3 Å². The van der Waals surface area contributed by atoms with Gasteiger partial charge in [-0.25, -0.2) is 15.0 Å². The van der Waals surface area contributed by atoms with E-state index < -0.39 is 0 Å². The van der Waals surface area contributed by atoms with Crippen LogP contribution in [-0.2, 0) is 4.74 Å². The average Bonchev–Trinajstić information content (AvgIpc) is 2.89. The number of rotatable bonds is 6. The number of benzene rings is 1. The van der Waals surface area contributed by atoms with Gasteiger partial charge in [0, 0.05) is 49.4 Å². The minimum atomic E-state index is 0.239. The molecule has 0 aliphatic carbocycles. The van der Waals surface area contributed by atoms with Crippen molar-refractivity contribution in [1.29, 1.82) is 0 Å². The van der Waals surface area contributed by atoms with E-state index in [0.29, 0.717) is 13.2 Å². The van der Waals surface area contributed by atoms with E-state index in [2.05, 4.69) is 62.5 Å². The van der Waals surface area contributed by atoms with Crippen molar-refractivity contribution in [2.24, 2.45) is 0 Å². The number of hydrogen-bond acceptors (Lipinski definition) is 10. The van der Waals surface area contributed by atoms with Crippen LogP contribution in [0.15, 0.2) is 40.5 Å². The molecular weight excluding hydrogens is 454 g/mol. The van der Waals surface area contributed by atoms with Gasteiger partial charge >= 0.3 is 0 Å². The Balaban J connectivity index is 1.53. The van der Waals surface area contributed by atoms with Crippen LogP contribution in [0.4, 0.5) is 11.8 Å². The van der Waals surface area contributed by atoms with Gasteiger partial charge in [0.15, 0.2) is 5.82 Å². The molecule has 2 aliphatic rings. The minimum absolute atomic E-state index is 0.239. The molecule has 10 heteroatoms. The molecule has 2 fully saturated rings. The first kappa shape index (κ1) is 22.6. The lowest BCUT2D eigenvalue weighted by atomic mass is 10.2. The molecular formula is C23H29N7OS2. The summed E-state index contributed by atoms with van der Waals surface area (Å²) in [5.74, 6) is 1.65. The number of thioether (sulfide) groups is 2. The van der Waals surface area contributed by atoms with Gasteiger partial charge < -0.3 is 19.9 Å². The van der Waals surface area contributed by atoms with Gasteiger partial charge in [0.1, 0.15) is 22.4 Å². The zero-order chi connectivity index (χ0) is 22.6. The SMILES string of the molecule is CSc1ccc(C(C)Sc2ncnc3c(N4CCOCC4)nc(N4CCNCC4)nc23)cc1. The highest BCUT2D eigenvalue weighted by Crippen LogP contribution is 2.38. The predicted octanol–water partition coefficient (Wildman–Crippen LogP) is 3.24. The molecule has 0 bridgehead atoms. The number of piperazine rings is 1. The number of nitrogens with one attached hydrogen (secondary N) is 1. The number of anilines is 2. The van der Waals surface area contributed by atoms with Crippen molar-refractivity contribution in [1.82, 2.24) is 25.3 Å². The number of ether oxygens (including phenoxy) is 1. The Morgan fingerprint density at radius 2 is 1.70 bits per heavy atom. The summed E-state index contributed by atoms with van der Waals surface area (Å²) < 4.78 is 5.58. The second-order valence-corrected chi connectivity index (χ2v) is 10.3. The van der Waals surface area contributed by atoms with Crippen molar-refractivity contribution in [3.63, 3.8) is 0 Å². The minimum Gasteiger partial charge on any atom is -0.378 e. The van der Waals surface area contributed by atoms with Crippen molar-refractivity contribution in [3.8, 4) is 0 Å². The second kappa shape index (κ2) is 10.4. The lowest BCUT2D eigenvalue weighted by molar-refractivity contribution is 0.122. The third-order valence-corrected chi connectivity index (χ3v) is 7.89. The summed E-state index contributed by atoms with van der Waals surface area (Å²) in [5, 5.41) is 4.55. The summed E-state index contributed by atoms with van der Waals surface area (Å²) in [6.07, 6.45) is 3.74. The first-order valence-electron chi connectivity index (χ1n) is 11.3. The fraction of sp³-hybridized carbons (Fsp3) is 0.478. The van der Waals surface area contributed by atoms with E-state index in [1.165, 1.54) is 10.5 Å². The fourth-order valence-corrected chi connectivity index (χ4v) is 5.50. The summed E-state index contributed by atoms with van der Waals surface area (Å²) in [4.78, 5) is 25.1. The van der Waals surface area contributed by atoms with Gasteiger partial charge in [-0.15, -0.1) is 11.8 Å². The van der Waals surface area contributed by atoms with Gasteiger partial charge in [0.05, 0.1) is 13.2 Å². The molecule has 0 spiro atoms. The van der Waals surface area contributed by atoms with Crippen molar-refractivity contribution in [2.45, 2.75) is 22.1 Å². The molecule has 1 aromatic carbocycles. The molecule has 1 unspecified atom stereocenters. The molecule has 5 rings (SSSR count). The highest BCUT2D eigenvalue weighted by Gasteiger charge is 2.24. The van der Waals surface area contributed by atoms with Gasteiger partial charge in [-0.3, -0.25) is 0 Å². The Kier molecular flexibility index (Phi) is 7.15. The van der Waals surface area contributed by atoms with Gasteiger partial charge in [-0.2, -0.15) is 4.98 Å². The van der Waals surface area contributed by atoms with Crippen molar-refractivity contribution in [3.05, 3.63) is 36.2 Å². The maximum atomic E-state index is 5.58. The third-order valence-electron chi connectivity index (χ3n) is 6.00. The van der Waals surface area contributed by atoms with E-state index in [4.69, 9.17) is 14.7 Å². The Morgan fingerprint density at radius 1 is 0.939 bits per heavy atom. The molecule has 2 saturated heterocycles. The molecule has 2 aliphatic heterocycles. The number of hydrogen-bond donors (Lipinski definition) is 1. The van der Waals surface area contributed by atoms with Gasteiger partial charge in [0.25, 0.3) is 0 Å². The quantitative estimate of drug-likeness (QED) is 0.417. The van der Waals surface area contributed by atoms with Crippen LogP contribution in [0, 0.1) is 0 Å². The Morgan fingerprint density at radius 3 is 2.42 bits per heavy atom. The molecule has 0 amide bonds. The van der Waals surface area contributed by atoms with E-state index in [0.717, 1.165) is 67.1 Å². The standard InChI is InChI=1S/C23H29N7OS2/c1-16(17-3-5-18(32-2)6-4-17)33-22-20-19(25-15-26-22)21(29-11-13-31-14-12-29)28-23(27-20)30-9-7-24-8-10-30/h3-6,15-16,24H,7-14H2,1-2H3. The first-order chi connectivity index (χ1) is 16.2. The molecule has 8 nitrogen and oxygen atoms in total. The average molecular weight is 484 g/mol. The first-order valence-corrected chi connectivity index (χ1v) is 13.4. The third kappa shape index (κ3) is 5.03. The van der Waals surface area contributed by atoms with Gasteiger partial charge in [-0.05, 0) is 30.9 Å². The van der Waals surface area contributed by atoms with Crippen LogP contribution in [0.5, 0.6) is 0 Å². The van der Waals surface area contributed by atoms with Crippen LogP contribution in [0.2, 0.25) is 0 Å². The molecule has 2 aromatic heterocycles. The lowest BCUT2D eigenvalue weighted by Crippen LogP contribution is -2.44. The molecule has 0 saturated carbocycles. The summed E-state index contributed by atoms with van der Waals surface area (Å²) in [5.41, 5.74) is 2.92. The van der Waals surface area contributed by atoms with Crippen LogP contribution in [0.25, 0.3) is 11.0 Å². The largest absolute Gasteiger partial charge is 0.378 e. The molecule has 33 heavy (non-hydrogen) atoms. The highest BCUT2D eigenvalue weighted by molar-refractivity contribution is 7.99. The summed E-state index contributed by atoms with van der Waals surface area (Å²) >= 11 is 3.49. The van der Waals surface area contributed by atoms with E-state index in [1.54, 1.807) is 29.9 Å². The zero-order valence-corrected chi connectivity index (χ0v) is 20.7. The summed E-state index contributed by atoms with van der Waals surface area (Å²) in [7, 11) is 0. The summed E-state index contributed by atoms with van der Waals surface area (Å²) in [6, 6.07) is 8.76. The molecule has 174 valence electrons. The normalized spacial score (nSPS) is 18.0. The van der Waals surface area contributed by atoms with Crippen LogP contribution in [-0.4, -0.2) is 78.7 Å². The monoisotopic (exact) mass is 483 g/mol. The Bertz CT molecular complexity index is 1090. The Labute approximate surface area is 202 Å². The predicted molar refractivity (Wildman–Crippen MR) is 136 cm³/mol. The topological polar surface area (TPSA) is 79.3 Å². The van der Waals surface area contributed by atoms with Crippen molar-refractivity contribution in [2.75, 3.05) is 68.5 Å². The van der Waals surface area contributed by atoms with E-state index in [-0.39, 0.29) is 5.25 Å². The smallest absolute Gasteiger partial charge is 0.228 e. The lowest BCUT2D eigenvalue weighted by Gasteiger charge is -2.31. The summed E-state index contributed by atoms with van der Waals surface area (Å²) in [6.45, 7) is 8.87. The fourth-order valence-electron chi connectivity index (χ4n) is 4.10. The van der Waals surface area contributed by atoms with Crippen LogP contribution < -0.4 is 15.1 Å². The molecule has 0 radical (unpaired) electrons. The van der Waals surface area contributed by atoms with Crippen LogP contribution >= 0.6 is 23.5 Å². The zero-order valence-electron chi connectivity index (χ0n) is 19.0. The maximum Gasteiger partial charge on any atom is 0.228 e. The van der Waals surface area contributed by atoms with E-state index >= 15 is 0 Å². The maximum absolute atomic E-state index is 5.58. The molecule has 1 atom stereocenters. The molecule has 4 heterocycles. The van der Waals surface area contributed by atoms with E-state index in [9.17, 15) is 0 Å². The number of morpholine rings is 1. The van der Waals surface area contributed by atoms with Gasteiger partial charge in [0.2, 0.25) is 5.95 Å². The second-order valence-electron chi connectivity index (χ2n) is 8.09.